The quantitative estimate of drug-likeness (QED) is 0.558. The van der Waals surface area contributed by atoms with E-state index < -0.39 is 18.2 Å². The third kappa shape index (κ3) is 3.82. The Kier molecular flexibility index (Phi) is 5.48. The minimum Gasteiger partial charge on any atom is -0.466 e. The first-order valence-corrected chi connectivity index (χ1v) is 7.32. The normalized spacial score (nSPS) is 13.6. The Balaban J connectivity index is 2.08. The van der Waals surface area contributed by atoms with Crippen LogP contribution >= 0.6 is 12.2 Å². The topological polar surface area (TPSA) is 87.5 Å². The standard InChI is InChI=1S/C15H18N2O4S/c1-2-21-13(19)9-12(18)14(20)10-3-5-11(6-4-10)17-8-7-16-15(17)22/h3-8,12,14,18,20H,2,9H2,1H3,(H,16,22). The molecule has 22 heavy (non-hydrogen) atoms. The van der Waals surface area contributed by atoms with Crippen LogP contribution in [0.1, 0.15) is 25.0 Å². The second kappa shape index (κ2) is 7.35. The number of hydrogen-bond acceptors (Lipinski definition) is 5. The van der Waals surface area contributed by atoms with E-state index in [0.717, 1.165) is 5.69 Å². The molecule has 2 atom stereocenters. The Morgan fingerprint density at radius 3 is 2.59 bits per heavy atom. The molecule has 1 aromatic heterocycles. The van der Waals surface area contributed by atoms with E-state index in [1.165, 1.54) is 0 Å². The van der Waals surface area contributed by atoms with E-state index in [1.54, 1.807) is 48.1 Å². The number of hydrogen-bond donors (Lipinski definition) is 3. The van der Waals surface area contributed by atoms with E-state index in [9.17, 15) is 15.0 Å². The molecule has 2 unspecified atom stereocenters. The van der Waals surface area contributed by atoms with Crippen molar-refractivity contribution < 1.29 is 19.7 Å². The van der Waals surface area contributed by atoms with Gasteiger partial charge in [0.1, 0.15) is 6.10 Å². The number of nitrogens with zero attached hydrogens (tertiary/aromatic N) is 1. The predicted octanol–water partition coefficient (Wildman–Crippen LogP) is 1.88. The number of aliphatic hydroxyl groups is 2. The maximum Gasteiger partial charge on any atom is 0.308 e. The van der Waals surface area contributed by atoms with Crippen molar-refractivity contribution in [3.8, 4) is 5.69 Å². The van der Waals surface area contributed by atoms with Crippen molar-refractivity contribution in [1.82, 2.24) is 9.55 Å². The molecule has 118 valence electrons. The zero-order valence-electron chi connectivity index (χ0n) is 12.1. The van der Waals surface area contributed by atoms with Crippen LogP contribution in [0.2, 0.25) is 0 Å². The molecule has 0 bridgehead atoms. The highest BCUT2D eigenvalue weighted by atomic mass is 32.1. The number of carbonyl (C=O) groups is 1. The number of carbonyl (C=O) groups excluding carboxylic acids is 1. The molecule has 0 spiro atoms. The summed E-state index contributed by atoms with van der Waals surface area (Å²) in [6, 6.07) is 6.92. The van der Waals surface area contributed by atoms with Crippen LogP contribution in [0.25, 0.3) is 5.69 Å². The first-order chi connectivity index (χ1) is 10.5. The van der Waals surface area contributed by atoms with Gasteiger partial charge in [-0.1, -0.05) is 12.1 Å². The SMILES string of the molecule is CCOC(=O)CC(O)C(O)c1ccc(-n2cc[nH]c2=S)cc1. The summed E-state index contributed by atoms with van der Waals surface area (Å²) in [5.41, 5.74) is 1.35. The summed E-state index contributed by atoms with van der Waals surface area (Å²) in [4.78, 5) is 14.2. The van der Waals surface area contributed by atoms with Crippen LogP contribution in [0.4, 0.5) is 0 Å². The fraction of sp³-hybridized carbons (Fsp3) is 0.333. The first kappa shape index (κ1) is 16.4. The number of esters is 1. The van der Waals surface area contributed by atoms with Gasteiger partial charge in [0, 0.05) is 18.1 Å². The van der Waals surface area contributed by atoms with Gasteiger partial charge < -0.3 is 19.9 Å². The van der Waals surface area contributed by atoms with E-state index >= 15 is 0 Å². The van der Waals surface area contributed by atoms with Crippen LogP contribution in [0.5, 0.6) is 0 Å². The van der Waals surface area contributed by atoms with Crippen LogP contribution in [-0.4, -0.2) is 38.4 Å². The number of H-pyrrole nitrogens is 1. The first-order valence-electron chi connectivity index (χ1n) is 6.91. The summed E-state index contributed by atoms with van der Waals surface area (Å²) < 4.78 is 7.10. The van der Waals surface area contributed by atoms with Crippen LogP contribution in [0, 0.1) is 4.77 Å². The van der Waals surface area contributed by atoms with E-state index in [1.807, 2.05) is 0 Å². The van der Waals surface area contributed by atoms with Crippen LogP contribution in [-0.2, 0) is 9.53 Å². The second-order valence-electron chi connectivity index (χ2n) is 4.75. The summed E-state index contributed by atoms with van der Waals surface area (Å²) >= 11 is 5.13. The van der Waals surface area contributed by atoms with Crippen molar-refractivity contribution in [3.63, 3.8) is 0 Å². The highest BCUT2D eigenvalue weighted by molar-refractivity contribution is 7.71. The third-order valence-electron chi connectivity index (χ3n) is 3.21. The molecule has 0 radical (unpaired) electrons. The molecule has 0 aliphatic rings. The highest BCUT2D eigenvalue weighted by Crippen LogP contribution is 2.21. The average Bonchev–Trinajstić information content (AvgIpc) is 2.93. The number of ether oxygens (including phenoxy) is 1. The monoisotopic (exact) mass is 322 g/mol. The van der Waals surface area contributed by atoms with Crippen molar-refractivity contribution in [2.24, 2.45) is 0 Å². The zero-order chi connectivity index (χ0) is 16.1. The van der Waals surface area contributed by atoms with Gasteiger partial charge >= 0.3 is 5.97 Å². The van der Waals surface area contributed by atoms with Crippen LogP contribution in [0.3, 0.4) is 0 Å². The molecule has 0 fully saturated rings. The zero-order valence-corrected chi connectivity index (χ0v) is 12.9. The molecule has 1 heterocycles. The van der Waals surface area contributed by atoms with Gasteiger partial charge in [-0.15, -0.1) is 0 Å². The Morgan fingerprint density at radius 1 is 1.36 bits per heavy atom. The van der Waals surface area contributed by atoms with Crippen LogP contribution < -0.4 is 0 Å². The van der Waals surface area contributed by atoms with Crippen LogP contribution in [0.15, 0.2) is 36.7 Å². The van der Waals surface area contributed by atoms with E-state index in [0.29, 0.717) is 10.3 Å². The van der Waals surface area contributed by atoms with Gasteiger partial charge in [0.25, 0.3) is 0 Å². The predicted molar refractivity (Wildman–Crippen MR) is 83.2 cm³/mol. The Hall–Kier alpha value is -1.96. The average molecular weight is 322 g/mol. The molecule has 6 nitrogen and oxygen atoms in total. The maximum atomic E-state index is 11.3. The molecule has 2 rings (SSSR count). The lowest BCUT2D eigenvalue weighted by Crippen LogP contribution is -2.23. The smallest absolute Gasteiger partial charge is 0.308 e. The van der Waals surface area contributed by atoms with Gasteiger partial charge in [0.2, 0.25) is 0 Å². The number of aromatic amines is 1. The second-order valence-corrected chi connectivity index (χ2v) is 5.13. The van der Waals surface area contributed by atoms with Gasteiger partial charge in [-0.2, -0.15) is 0 Å². The van der Waals surface area contributed by atoms with Gasteiger partial charge in [-0.25, -0.2) is 0 Å². The maximum absolute atomic E-state index is 11.3. The molecule has 0 aliphatic carbocycles. The molecule has 2 aromatic rings. The van der Waals surface area contributed by atoms with Crippen molar-refractivity contribution in [2.75, 3.05) is 6.61 Å². The minimum absolute atomic E-state index is 0.244. The van der Waals surface area contributed by atoms with E-state index in [-0.39, 0.29) is 13.0 Å². The number of aromatic nitrogens is 2. The van der Waals surface area contributed by atoms with Gasteiger partial charge in [-0.3, -0.25) is 9.36 Å². The Morgan fingerprint density at radius 2 is 2.05 bits per heavy atom. The van der Waals surface area contributed by atoms with Crippen molar-refractivity contribution in [1.29, 1.82) is 0 Å². The Labute approximate surface area is 133 Å². The summed E-state index contributed by atoms with van der Waals surface area (Å²) in [5.74, 6) is -0.538. The fourth-order valence-corrected chi connectivity index (χ4v) is 2.31. The summed E-state index contributed by atoms with van der Waals surface area (Å²) in [5, 5.41) is 20.0. The van der Waals surface area contributed by atoms with Gasteiger partial charge in [0.05, 0.1) is 19.1 Å². The van der Waals surface area contributed by atoms with Crippen molar-refractivity contribution >= 4 is 18.2 Å². The lowest BCUT2D eigenvalue weighted by Gasteiger charge is -2.17. The molecular weight excluding hydrogens is 304 g/mol. The molecule has 3 N–H and O–H groups in total. The van der Waals surface area contributed by atoms with E-state index in [4.69, 9.17) is 17.0 Å². The third-order valence-corrected chi connectivity index (χ3v) is 3.52. The molecule has 0 saturated heterocycles. The number of benzene rings is 1. The molecule has 0 aliphatic heterocycles. The molecule has 0 amide bonds. The summed E-state index contributed by atoms with van der Waals surface area (Å²) in [6.07, 6.45) is 0.911. The van der Waals surface area contributed by atoms with Crippen molar-refractivity contribution in [2.45, 2.75) is 25.6 Å². The Bertz CT molecular complexity index is 677. The minimum atomic E-state index is -1.21. The molecular formula is C15H18N2O4S. The lowest BCUT2D eigenvalue weighted by molar-refractivity contribution is -0.147. The molecule has 1 aromatic carbocycles. The molecule has 7 heteroatoms. The van der Waals surface area contributed by atoms with Gasteiger partial charge in [-0.05, 0) is 36.8 Å². The number of nitrogens with one attached hydrogen (secondary N) is 1. The summed E-state index contributed by atoms with van der Waals surface area (Å²) in [7, 11) is 0. The summed E-state index contributed by atoms with van der Waals surface area (Å²) in [6.45, 7) is 1.93. The number of rotatable bonds is 6. The number of imidazole rings is 1. The van der Waals surface area contributed by atoms with Gasteiger partial charge in [0.15, 0.2) is 4.77 Å². The van der Waals surface area contributed by atoms with Crippen molar-refractivity contribution in [3.05, 3.63) is 47.0 Å². The lowest BCUT2D eigenvalue weighted by atomic mass is 10.0. The highest BCUT2D eigenvalue weighted by Gasteiger charge is 2.22. The fourth-order valence-electron chi connectivity index (χ4n) is 2.08. The molecule has 0 saturated carbocycles. The number of aliphatic hydroxyl groups excluding tert-OH is 2. The largest absolute Gasteiger partial charge is 0.466 e. The van der Waals surface area contributed by atoms with E-state index in [2.05, 4.69) is 4.98 Å².